The number of rotatable bonds is 1. The zero-order chi connectivity index (χ0) is 12.1. The van der Waals surface area contributed by atoms with Crippen molar-refractivity contribution in [3.63, 3.8) is 0 Å². The smallest absolute Gasteiger partial charge is 0.352 e. The summed E-state index contributed by atoms with van der Waals surface area (Å²) in [5.74, 6) is -5.04. The first-order valence-electron chi connectivity index (χ1n) is 4.56. The molecule has 3 nitrogen and oxygen atoms in total. The molecule has 2 N–H and O–H groups in total. The van der Waals surface area contributed by atoms with Crippen LogP contribution in [0.2, 0.25) is 5.02 Å². The van der Waals surface area contributed by atoms with Gasteiger partial charge in [-0.3, -0.25) is 4.79 Å². The van der Waals surface area contributed by atoms with Gasteiger partial charge in [0.15, 0.2) is 0 Å². The SMILES string of the molecule is C[C@H](O)c1c(Cl)ccc2c1C(F)(F)C(=O)N2. The van der Waals surface area contributed by atoms with Crippen molar-refractivity contribution in [2.45, 2.75) is 19.0 Å². The molecular formula is C10H8ClF2NO2. The molecule has 6 heteroatoms. The van der Waals surface area contributed by atoms with Crippen molar-refractivity contribution in [1.29, 1.82) is 0 Å². The van der Waals surface area contributed by atoms with E-state index in [1.165, 1.54) is 19.1 Å². The monoisotopic (exact) mass is 247 g/mol. The second-order valence-electron chi connectivity index (χ2n) is 3.59. The van der Waals surface area contributed by atoms with Gasteiger partial charge in [-0.25, -0.2) is 0 Å². The van der Waals surface area contributed by atoms with Crippen molar-refractivity contribution in [2.24, 2.45) is 0 Å². The lowest BCUT2D eigenvalue weighted by molar-refractivity contribution is -0.139. The Morgan fingerprint density at radius 1 is 1.50 bits per heavy atom. The van der Waals surface area contributed by atoms with Crippen LogP contribution in [0.4, 0.5) is 14.5 Å². The number of hydrogen-bond donors (Lipinski definition) is 2. The maximum absolute atomic E-state index is 13.5. The molecule has 0 fully saturated rings. The number of fused-ring (bicyclic) bond motifs is 1. The van der Waals surface area contributed by atoms with E-state index in [4.69, 9.17) is 11.6 Å². The van der Waals surface area contributed by atoms with Crippen LogP contribution in [0.1, 0.15) is 24.2 Å². The second-order valence-corrected chi connectivity index (χ2v) is 4.00. The van der Waals surface area contributed by atoms with Crippen LogP contribution in [0, 0.1) is 0 Å². The molecule has 2 rings (SSSR count). The molecule has 1 aliphatic rings. The van der Waals surface area contributed by atoms with Crippen LogP contribution in [0.15, 0.2) is 12.1 Å². The number of aliphatic hydroxyl groups is 1. The molecule has 1 atom stereocenters. The summed E-state index contributed by atoms with van der Waals surface area (Å²) in [6.45, 7) is 1.32. The summed E-state index contributed by atoms with van der Waals surface area (Å²) in [4.78, 5) is 11.1. The quantitative estimate of drug-likeness (QED) is 0.801. The van der Waals surface area contributed by atoms with Gasteiger partial charge in [-0.15, -0.1) is 0 Å². The fraction of sp³-hybridized carbons (Fsp3) is 0.300. The minimum Gasteiger partial charge on any atom is -0.389 e. The van der Waals surface area contributed by atoms with Crippen molar-refractivity contribution in [1.82, 2.24) is 0 Å². The number of halogens is 3. The molecule has 0 spiro atoms. The van der Waals surface area contributed by atoms with Crippen molar-refractivity contribution in [3.8, 4) is 0 Å². The molecule has 0 unspecified atom stereocenters. The van der Waals surface area contributed by atoms with E-state index in [1.807, 2.05) is 0 Å². The lowest BCUT2D eigenvalue weighted by Crippen LogP contribution is -2.25. The highest BCUT2D eigenvalue weighted by Gasteiger charge is 2.50. The van der Waals surface area contributed by atoms with E-state index in [1.54, 1.807) is 0 Å². The Bertz CT molecular complexity index is 474. The van der Waals surface area contributed by atoms with Gasteiger partial charge in [-0.1, -0.05) is 11.6 Å². The molecule has 1 aliphatic heterocycles. The number of alkyl halides is 2. The summed E-state index contributed by atoms with van der Waals surface area (Å²) in [7, 11) is 0. The fourth-order valence-corrected chi connectivity index (χ4v) is 2.07. The Kier molecular flexibility index (Phi) is 2.40. The molecule has 0 saturated carbocycles. The van der Waals surface area contributed by atoms with Crippen LogP contribution >= 0.6 is 11.6 Å². The molecule has 16 heavy (non-hydrogen) atoms. The molecule has 0 radical (unpaired) electrons. The van der Waals surface area contributed by atoms with Crippen LogP contribution in [-0.2, 0) is 10.7 Å². The van der Waals surface area contributed by atoms with E-state index in [2.05, 4.69) is 5.32 Å². The number of hydrogen-bond acceptors (Lipinski definition) is 2. The standard InChI is InChI=1S/C10H8ClF2NO2/c1-4(15)7-5(11)2-3-6-8(7)10(12,13)9(16)14-6/h2-4,15H,1H3,(H,14,16)/t4-/m0/s1. The lowest BCUT2D eigenvalue weighted by atomic mass is 9.98. The van der Waals surface area contributed by atoms with E-state index in [0.717, 1.165) is 0 Å². The normalized spacial score (nSPS) is 19.2. The maximum atomic E-state index is 13.5. The molecule has 1 aromatic carbocycles. The third-order valence-electron chi connectivity index (χ3n) is 2.46. The summed E-state index contributed by atoms with van der Waals surface area (Å²) in [6, 6.07) is 2.66. The van der Waals surface area contributed by atoms with Gasteiger partial charge in [-0.05, 0) is 19.1 Å². The molecule has 1 heterocycles. The first kappa shape index (κ1) is 11.3. The Balaban J connectivity index is 2.75. The number of nitrogens with one attached hydrogen (secondary N) is 1. The fourth-order valence-electron chi connectivity index (χ4n) is 1.76. The highest BCUT2D eigenvalue weighted by Crippen LogP contribution is 2.46. The predicted molar refractivity (Wildman–Crippen MR) is 54.6 cm³/mol. The number of benzene rings is 1. The predicted octanol–water partition coefficient (Wildman–Crippen LogP) is 2.44. The van der Waals surface area contributed by atoms with E-state index >= 15 is 0 Å². The first-order valence-corrected chi connectivity index (χ1v) is 4.93. The van der Waals surface area contributed by atoms with Gasteiger partial charge >= 0.3 is 5.92 Å². The van der Waals surface area contributed by atoms with E-state index in [0.29, 0.717) is 0 Å². The van der Waals surface area contributed by atoms with E-state index in [-0.39, 0.29) is 16.3 Å². The van der Waals surface area contributed by atoms with E-state index < -0.39 is 23.5 Å². The van der Waals surface area contributed by atoms with Gasteiger partial charge < -0.3 is 10.4 Å². The molecule has 1 aromatic rings. The average molecular weight is 248 g/mol. The zero-order valence-electron chi connectivity index (χ0n) is 8.22. The van der Waals surface area contributed by atoms with Crippen LogP contribution in [0.25, 0.3) is 0 Å². The minimum atomic E-state index is -3.65. The topological polar surface area (TPSA) is 49.3 Å². The third-order valence-corrected chi connectivity index (χ3v) is 2.79. The Morgan fingerprint density at radius 2 is 2.12 bits per heavy atom. The number of carbonyl (C=O) groups is 1. The van der Waals surface area contributed by atoms with Gasteiger partial charge in [0.05, 0.1) is 17.4 Å². The average Bonchev–Trinajstić information content (AvgIpc) is 2.39. The summed E-state index contributed by atoms with van der Waals surface area (Å²) in [5, 5.41) is 11.5. The number of carbonyl (C=O) groups excluding carboxylic acids is 1. The van der Waals surface area contributed by atoms with Crippen LogP contribution in [-0.4, -0.2) is 11.0 Å². The highest BCUT2D eigenvalue weighted by molar-refractivity contribution is 6.32. The van der Waals surface area contributed by atoms with Gasteiger partial charge in [0.1, 0.15) is 0 Å². The number of aliphatic hydroxyl groups excluding tert-OH is 1. The minimum absolute atomic E-state index is 0.00435. The molecule has 0 aromatic heterocycles. The van der Waals surface area contributed by atoms with Crippen molar-refractivity contribution < 1.29 is 18.7 Å². The Labute approximate surface area is 95.0 Å². The second kappa shape index (κ2) is 3.40. The van der Waals surface area contributed by atoms with Gasteiger partial charge in [0.25, 0.3) is 5.91 Å². The Hall–Kier alpha value is -1.20. The number of anilines is 1. The lowest BCUT2D eigenvalue weighted by Gasteiger charge is -2.15. The molecule has 86 valence electrons. The molecule has 0 aliphatic carbocycles. The van der Waals surface area contributed by atoms with Crippen LogP contribution in [0.5, 0.6) is 0 Å². The maximum Gasteiger partial charge on any atom is 0.352 e. The van der Waals surface area contributed by atoms with Gasteiger partial charge in [0.2, 0.25) is 0 Å². The summed E-state index contributed by atoms with van der Waals surface area (Å²) < 4.78 is 27.1. The third kappa shape index (κ3) is 1.39. The highest BCUT2D eigenvalue weighted by atomic mass is 35.5. The van der Waals surface area contributed by atoms with E-state index in [9.17, 15) is 18.7 Å². The first-order chi connectivity index (χ1) is 7.35. The molecule has 1 amide bonds. The number of amides is 1. The molecule has 0 saturated heterocycles. The molecule has 0 bridgehead atoms. The van der Waals surface area contributed by atoms with Crippen molar-refractivity contribution in [2.75, 3.05) is 5.32 Å². The van der Waals surface area contributed by atoms with Crippen molar-refractivity contribution >= 4 is 23.2 Å². The van der Waals surface area contributed by atoms with Crippen LogP contribution < -0.4 is 5.32 Å². The van der Waals surface area contributed by atoms with Gasteiger partial charge in [0, 0.05) is 10.6 Å². The van der Waals surface area contributed by atoms with Gasteiger partial charge in [-0.2, -0.15) is 8.78 Å². The van der Waals surface area contributed by atoms with Crippen LogP contribution in [0.3, 0.4) is 0 Å². The Morgan fingerprint density at radius 3 is 2.69 bits per heavy atom. The van der Waals surface area contributed by atoms with Crippen molar-refractivity contribution in [3.05, 3.63) is 28.3 Å². The largest absolute Gasteiger partial charge is 0.389 e. The summed E-state index contributed by atoms with van der Waals surface area (Å²) in [5.41, 5.74) is -0.641. The summed E-state index contributed by atoms with van der Waals surface area (Å²) >= 11 is 5.75. The molecular weight excluding hydrogens is 240 g/mol. The zero-order valence-corrected chi connectivity index (χ0v) is 8.98. The summed E-state index contributed by atoms with van der Waals surface area (Å²) in [6.07, 6.45) is -1.17.